The van der Waals surface area contributed by atoms with Crippen LogP contribution < -0.4 is 0 Å². The highest BCUT2D eigenvalue weighted by Crippen LogP contribution is 2.31. The molecule has 0 aromatic heterocycles. The molecule has 2 rings (SSSR count). The molecule has 1 aliphatic heterocycles. The molecule has 0 radical (unpaired) electrons. The molecule has 0 saturated carbocycles. The Bertz CT molecular complexity index is 695. The zero-order valence-electron chi connectivity index (χ0n) is 14.4. The minimum atomic E-state index is -3.75. The van der Waals surface area contributed by atoms with Crippen molar-refractivity contribution >= 4 is 39.1 Å². The maximum atomic E-state index is 12.8. The highest BCUT2D eigenvalue weighted by Gasteiger charge is 2.32. The Balaban J connectivity index is 2.03. The summed E-state index contributed by atoms with van der Waals surface area (Å²) in [6, 6.07) is 4.64. The average Bonchev–Trinajstić information content (AvgIpc) is 2.56. The number of likely N-dealkylation sites (N-methyl/N-ethyl adjacent to an activating group) is 1. The fourth-order valence-electron chi connectivity index (χ4n) is 2.85. The highest BCUT2D eigenvalue weighted by atomic mass is 35.5. The first-order chi connectivity index (χ1) is 11.8. The summed E-state index contributed by atoms with van der Waals surface area (Å²) in [7, 11) is -3.75. The van der Waals surface area contributed by atoms with Crippen LogP contribution in [0.4, 0.5) is 0 Å². The van der Waals surface area contributed by atoms with Crippen LogP contribution in [0.25, 0.3) is 0 Å². The summed E-state index contributed by atoms with van der Waals surface area (Å²) in [6.45, 7) is 7.14. The smallest absolute Gasteiger partial charge is 0.246 e. The van der Waals surface area contributed by atoms with E-state index in [0.717, 1.165) is 0 Å². The molecule has 0 aliphatic carbocycles. The molecule has 9 heteroatoms. The monoisotopic (exact) mass is 407 g/mol. The van der Waals surface area contributed by atoms with Crippen molar-refractivity contribution in [1.29, 1.82) is 0 Å². The van der Waals surface area contributed by atoms with Gasteiger partial charge in [-0.1, -0.05) is 29.3 Å². The van der Waals surface area contributed by atoms with Crippen molar-refractivity contribution in [2.45, 2.75) is 18.7 Å². The SMILES string of the molecule is CCN(CC)C(=O)CN1CCN(S(=O)(=O)c2c(Cl)cccc2Cl)CC1. The molecule has 0 bridgehead atoms. The second-order valence-electron chi connectivity index (χ2n) is 5.80. The van der Waals surface area contributed by atoms with Gasteiger partial charge in [0.1, 0.15) is 4.90 Å². The van der Waals surface area contributed by atoms with Gasteiger partial charge in [0.2, 0.25) is 15.9 Å². The summed E-state index contributed by atoms with van der Waals surface area (Å²) in [5, 5.41) is 0.235. The van der Waals surface area contributed by atoms with Gasteiger partial charge in [-0.05, 0) is 26.0 Å². The van der Waals surface area contributed by atoms with E-state index in [1.165, 1.54) is 16.4 Å². The molecule has 1 aromatic carbocycles. The first kappa shape index (κ1) is 20.5. The zero-order chi connectivity index (χ0) is 18.6. The summed E-state index contributed by atoms with van der Waals surface area (Å²) in [5.74, 6) is 0.0652. The lowest BCUT2D eigenvalue weighted by Crippen LogP contribution is -2.51. The first-order valence-corrected chi connectivity index (χ1v) is 10.4. The predicted octanol–water partition coefficient (Wildman–Crippen LogP) is 2.17. The van der Waals surface area contributed by atoms with E-state index in [-0.39, 0.29) is 20.8 Å². The first-order valence-electron chi connectivity index (χ1n) is 8.25. The summed E-state index contributed by atoms with van der Waals surface area (Å²) in [4.78, 5) is 15.9. The van der Waals surface area contributed by atoms with Crippen molar-refractivity contribution in [3.05, 3.63) is 28.2 Å². The molecule has 25 heavy (non-hydrogen) atoms. The lowest BCUT2D eigenvalue weighted by atomic mass is 10.3. The number of halogens is 2. The standard InChI is InChI=1S/C16H23Cl2N3O3S/c1-3-20(4-2)15(22)12-19-8-10-21(11-9-19)25(23,24)16-13(17)6-5-7-14(16)18/h5-7H,3-4,8-12H2,1-2H3. The third kappa shape index (κ3) is 4.65. The Labute approximate surface area is 159 Å². The maximum absolute atomic E-state index is 12.8. The van der Waals surface area contributed by atoms with Crippen molar-refractivity contribution in [1.82, 2.24) is 14.1 Å². The van der Waals surface area contributed by atoms with Crippen LogP contribution in [0.5, 0.6) is 0 Å². The van der Waals surface area contributed by atoms with Crippen LogP contribution in [0, 0.1) is 0 Å². The Kier molecular flexibility index (Phi) is 7.10. The molecule has 0 atom stereocenters. The fraction of sp³-hybridized carbons (Fsp3) is 0.562. The molecular weight excluding hydrogens is 385 g/mol. The number of hydrogen-bond donors (Lipinski definition) is 0. The van der Waals surface area contributed by atoms with Crippen LogP contribution in [0.15, 0.2) is 23.1 Å². The normalized spacial score (nSPS) is 16.8. The lowest BCUT2D eigenvalue weighted by Gasteiger charge is -2.34. The summed E-state index contributed by atoms with van der Waals surface area (Å²) >= 11 is 12.1. The van der Waals surface area contributed by atoms with Crippen molar-refractivity contribution in [3.63, 3.8) is 0 Å². The second kappa shape index (κ2) is 8.68. The number of piperazine rings is 1. The van der Waals surface area contributed by atoms with E-state index < -0.39 is 10.0 Å². The van der Waals surface area contributed by atoms with E-state index in [2.05, 4.69) is 0 Å². The zero-order valence-corrected chi connectivity index (χ0v) is 16.7. The molecule has 0 spiro atoms. The van der Waals surface area contributed by atoms with Crippen molar-refractivity contribution in [2.24, 2.45) is 0 Å². The lowest BCUT2D eigenvalue weighted by molar-refractivity contribution is -0.132. The molecule has 0 unspecified atom stereocenters. The largest absolute Gasteiger partial charge is 0.342 e. The van der Waals surface area contributed by atoms with Gasteiger partial charge < -0.3 is 4.90 Å². The Hall–Kier alpha value is -0.860. The van der Waals surface area contributed by atoms with Crippen LogP contribution in [-0.4, -0.2) is 74.2 Å². The predicted molar refractivity (Wildman–Crippen MR) is 99.6 cm³/mol. The van der Waals surface area contributed by atoms with E-state index in [0.29, 0.717) is 45.8 Å². The van der Waals surface area contributed by atoms with E-state index in [1.807, 2.05) is 18.7 Å². The summed E-state index contributed by atoms with van der Waals surface area (Å²) in [5.41, 5.74) is 0. The van der Waals surface area contributed by atoms with Crippen LogP contribution in [0.2, 0.25) is 10.0 Å². The Morgan fingerprint density at radius 2 is 1.60 bits per heavy atom. The maximum Gasteiger partial charge on any atom is 0.246 e. The van der Waals surface area contributed by atoms with Gasteiger partial charge >= 0.3 is 0 Å². The molecule has 1 saturated heterocycles. The number of carbonyl (C=O) groups excluding carboxylic acids is 1. The van der Waals surface area contributed by atoms with Gasteiger partial charge in [0.15, 0.2) is 0 Å². The second-order valence-corrected chi connectivity index (χ2v) is 8.49. The summed E-state index contributed by atoms with van der Waals surface area (Å²) < 4.78 is 27.0. The van der Waals surface area contributed by atoms with E-state index in [1.54, 1.807) is 11.0 Å². The molecule has 1 aliphatic rings. The fourth-order valence-corrected chi connectivity index (χ4v) is 5.37. The molecule has 1 aromatic rings. The number of amides is 1. The number of rotatable bonds is 6. The molecule has 1 amide bonds. The van der Waals surface area contributed by atoms with E-state index in [9.17, 15) is 13.2 Å². The third-order valence-corrected chi connectivity index (χ3v) is 7.18. The van der Waals surface area contributed by atoms with E-state index >= 15 is 0 Å². The van der Waals surface area contributed by atoms with Gasteiger partial charge in [0.05, 0.1) is 16.6 Å². The van der Waals surface area contributed by atoms with Crippen LogP contribution in [-0.2, 0) is 14.8 Å². The average molecular weight is 408 g/mol. The quantitative estimate of drug-likeness (QED) is 0.724. The van der Waals surface area contributed by atoms with Crippen molar-refractivity contribution in [3.8, 4) is 0 Å². The molecule has 140 valence electrons. The molecule has 1 heterocycles. The van der Waals surface area contributed by atoms with Gasteiger partial charge in [-0.3, -0.25) is 9.69 Å². The van der Waals surface area contributed by atoms with Gasteiger partial charge in [-0.2, -0.15) is 4.31 Å². The number of benzene rings is 1. The van der Waals surface area contributed by atoms with Crippen molar-refractivity contribution in [2.75, 3.05) is 45.8 Å². The van der Waals surface area contributed by atoms with Crippen LogP contribution in [0.3, 0.4) is 0 Å². The number of carbonyl (C=O) groups is 1. The molecular formula is C16H23Cl2N3O3S. The Morgan fingerprint density at radius 1 is 1.08 bits per heavy atom. The van der Waals surface area contributed by atoms with Gasteiger partial charge in [-0.25, -0.2) is 8.42 Å². The number of sulfonamides is 1. The van der Waals surface area contributed by atoms with Crippen LogP contribution >= 0.6 is 23.2 Å². The Morgan fingerprint density at radius 3 is 2.08 bits per heavy atom. The third-order valence-electron chi connectivity index (χ3n) is 4.32. The van der Waals surface area contributed by atoms with Gasteiger partial charge in [0, 0.05) is 39.3 Å². The number of nitrogens with zero attached hydrogens (tertiary/aromatic N) is 3. The van der Waals surface area contributed by atoms with Gasteiger partial charge in [-0.15, -0.1) is 0 Å². The molecule has 6 nitrogen and oxygen atoms in total. The van der Waals surface area contributed by atoms with Crippen molar-refractivity contribution < 1.29 is 13.2 Å². The topological polar surface area (TPSA) is 60.9 Å². The molecule has 0 N–H and O–H groups in total. The minimum Gasteiger partial charge on any atom is -0.342 e. The molecule has 1 fully saturated rings. The summed E-state index contributed by atoms with van der Waals surface area (Å²) in [6.07, 6.45) is 0. The van der Waals surface area contributed by atoms with Gasteiger partial charge in [0.25, 0.3) is 0 Å². The number of hydrogen-bond acceptors (Lipinski definition) is 4. The minimum absolute atomic E-state index is 0.0500. The highest BCUT2D eigenvalue weighted by molar-refractivity contribution is 7.89. The van der Waals surface area contributed by atoms with E-state index in [4.69, 9.17) is 23.2 Å². The van der Waals surface area contributed by atoms with Crippen LogP contribution in [0.1, 0.15) is 13.8 Å².